The second-order valence-corrected chi connectivity index (χ2v) is 9.38. The smallest absolute Gasteiger partial charge is 0.268 e. The Labute approximate surface area is 154 Å². The molecular weight excluding hydrogens is 328 g/mol. The topological polar surface area (TPSA) is 53.0 Å². The van der Waals surface area contributed by atoms with Crippen molar-refractivity contribution in [3.63, 3.8) is 0 Å². The van der Waals surface area contributed by atoms with Crippen molar-refractivity contribution in [3.8, 4) is 5.75 Å². The number of nitrogens with zero attached hydrogens (tertiary/aromatic N) is 2. The summed E-state index contributed by atoms with van der Waals surface area (Å²) >= 11 is 0. The van der Waals surface area contributed by atoms with E-state index in [1.807, 2.05) is 43.1 Å². The molecule has 140 valence electrons. The maximum absolute atomic E-state index is 13.2. The Morgan fingerprint density at radius 1 is 1.12 bits per heavy atom. The first-order valence-electron chi connectivity index (χ1n) is 9.83. The number of para-hydroxylation sites is 2. The Morgan fingerprint density at radius 2 is 1.77 bits per heavy atom. The van der Waals surface area contributed by atoms with Gasteiger partial charge in [-0.25, -0.2) is 5.01 Å². The van der Waals surface area contributed by atoms with E-state index in [4.69, 9.17) is 4.74 Å². The number of carbonyl (C=O) groups excluding carboxylic acids is 1. The highest BCUT2D eigenvalue weighted by atomic mass is 16.5. The van der Waals surface area contributed by atoms with Crippen LogP contribution >= 0.6 is 0 Å². The zero-order chi connectivity index (χ0) is 18.3. The highest BCUT2D eigenvalue weighted by Gasteiger charge is 2.63. The molecule has 5 aliphatic rings. The third kappa shape index (κ3) is 2.04. The molecule has 6 rings (SSSR count). The number of aliphatic hydroxyl groups is 1. The Balaban J connectivity index is 1.53. The van der Waals surface area contributed by atoms with Crippen LogP contribution in [0.5, 0.6) is 5.75 Å². The fraction of sp³-hybridized carbons (Fsp3) is 0.667. The van der Waals surface area contributed by atoms with E-state index in [1.165, 1.54) is 0 Å². The fourth-order valence-corrected chi connectivity index (χ4v) is 6.53. The number of carbonyl (C=O) groups is 1. The van der Waals surface area contributed by atoms with E-state index in [0.29, 0.717) is 17.8 Å². The van der Waals surface area contributed by atoms with Crippen molar-refractivity contribution in [2.24, 2.45) is 17.8 Å². The molecule has 0 radical (unpaired) electrons. The summed E-state index contributed by atoms with van der Waals surface area (Å²) in [6.45, 7) is 3.98. The van der Waals surface area contributed by atoms with Crippen LogP contribution in [0.1, 0.15) is 46.0 Å². The highest BCUT2D eigenvalue weighted by Crippen LogP contribution is 2.59. The zero-order valence-corrected chi connectivity index (χ0v) is 15.8. The summed E-state index contributed by atoms with van der Waals surface area (Å²) in [5.74, 6) is 2.43. The monoisotopic (exact) mass is 356 g/mol. The van der Waals surface area contributed by atoms with E-state index >= 15 is 0 Å². The molecule has 1 amide bonds. The van der Waals surface area contributed by atoms with Gasteiger partial charge in [-0.15, -0.1) is 0 Å². The van der Waals surface area contributed by atoms with Gasteiger partial charge in [0.15, 0.2) is 0 Å². The molecule has 1 N–H and O–H groups in total. The second-order valence-electron chi connectivity index (χ2n) is 9.38. The van der Waals surface area contributed by atoms with Gasteiger partial charge in [0.1, 0.15) is 17.0 Å². The van der Waals surface area contributed by atoms with Gasteiger partial charge >= 0.3 is 0 Å². The van der Waals surface area contributed by atoms with Crippen molar-refractivity contribution in [1.82, 2.24) is 5.01 Å². The van der Waals surface area contributed by atoms with Crippen LogP contribution in [0.25, 0.3) is 0 Å². The van der Waals surface area contributed by atoms with E-state index in [2.05, 4.69) is 5.01 Å². The number of benzene rings is 1. The highest BCUT2D eigenvalue weighted by molar-refractivity contribution is 5.98. The van der Waals surface area contributed by atoms with Crippen molar-refractivity contribution in [3.05, 3.63) is 24.3 Å². The van der Waals surface area contributed by atoms with E-state index in [1.54, 1.807) is 7.11 Å². The first kappa shape index (κ1) is 16.4. The standard InChI is InChI=1S/C21H28N2O3/c1-20(2)19(24)22(23(20)16-6-4-5-7-17(16)26-3)18-14-8-13-9-15(18)12-21(25,10-13)11-14/h4-7,13-15,18,25H,8-12H2,1-3H3/t13?,14-,15-,18?,21?/m0/s1. The van der Waals surface area contributed by atoms with Crippen LogP contribution in [0, 0.1) is 17.8 Å². The van der Waals surface area contributed by atoms with Crippen LogP contribution < -0.4 is 9.75 Å². The summed E-state index contributed by atoms with van der Waals surface area (Å²) in [5.41, 5.74) is -0.0987. The van der Waals surface area contributed by atoms with E-state index in [9.17, 15) is 9.90 Å². The molecule has 5 nitrogen and oxygen atoms in total. The van der Waals surface area contributed by atoms with Crippen LogP contribution in [0.4, 0.5) is 5.69 Å². The number of anilines is 1. The third-order valence-electron chi connectivity index (χ3n) is 7.26. The quantitative estimate of drug-likeness (QED) is 0.905. The number of amides is 1. The summed E-state index contributed by atoms with van der Waals surface area (Å²) in [6, 6.07) is 8.14. The predicted molar refractivity (Wildman–Crippen MR) is 98.7 cm³/mol. The van der Waals surface area contributed by atoms with Crippen molar-refractivity contribution >= 4 is 11.6 Å². The second kappa shape index (κ2) is 5.16. The van der Waals surface area contributed by atoms with E-state index < -0.39 is 11.1 Å². The number of rotatable bonds is 3. The molecule has 0 aromatic heterocycles. The first-order valence-corrected chi connectivity index (χ1v) is 9.83. The van der Waals surface area contributed by atoms with Crippen LogP contribution in [0.3, 0.4) is 0 Å². The Kier molecular flexibility index (Phi) is 3.26. The normalized spacial score (nSPS) is 39.9. The minimum absolute atomic E-state index is 0.188. The molecular formula is C21H28N2O3. The third-order valence-corrected chi connectivity index (χ3v) is 7.26. The maximum Gasteiger partial charge on any atom is 0.268 e. The number of methoxy groups -OCH3 is 1. The minimum Gasteiger partial charge on any atom is -0.495 e. The largest absolute Gasteiger partial charge is 0.495 e. The van der Waals surface area contributed by atoms with Crippen LogP contribution in [0.15, 0.2) is 24.3 Å². The maximum atomic E-state index is 13.2. The Bertz CT molecular complexity index is 745. The summed E-state index contributed by atoms with van der Waals surface area (Å²) in [6.07, 6.45) is 4.94. The molecule has 0 unspecified atom stereocenters. The predicted octanol–water partition coefficient (Wildman–Crippen LogP) is 2.98. The lowest BCUT2D eigenvalue weighted by atomic mass is 9.52. The summed E-state index contributed by atoms with van der Waals surface area (Å²) in [5, 5.41) is 15.0. The molecule has 5 heteroatoms. The van der Waals surface area contributed by atoms with Gasteiger partial charge in [0.05, 0.1) is 18.8 Å². The number of hydrogen-bond acceptors (Lipinski definition) is 4. The lowest BCUT2D eigenvalue weighted by Gasteiger charge is -2.67. The molecule has 4 saturated carbocycles. The number of ether oxygens (including phenoxy) is 1. The molecule has 1 saturated heterocycles. The van der Waals surface area contributed by atoms with E-state index in [0.717, 1.165) is 43.5 Å². The Hall–Kier alpha value is -1.75. The molecule has 1 heterocycles. The van der Waals surface area contributed by atoms with Crippen molar-refractivity contribution in [2.45, 2.75) is 63.1 Å². The summed E-state index contributed by atoms with van der Waals surface area (Å²) < 4.78 is 5.58. The Morgan fingerprint density at radius 3 is 2.38 bits per heavy atom. The van der Waals surface area contributed by atoms with Crippen LogP contribution in [-0.4, -0.2) is 40.3 Å². The molecule has 1 aromatic carbocycles. The average Bonchev–Trinajstić information content (AvgIpc) is 2.58. The molecule has 26 heavy (non-hydrogen) atoms. The van der Waals surface area contributed by atoms with Crippen LogP contribution in [-0.2, 0) is 4.79 Å². The van der Waals surface area contributed by atoms with Gasteiger partial charge in [0.25, 0.3) is 5.91 Å². The molecule has 0 spiro atoms. The lowest BCUT2D eigenvalue weighted by molar-refractivity contribution is -0.190. The zero-order valence-electron chi connectivity index (χ0n) is 15.8. The summed E-state index contributed by atoms with van der Waals surface area (Å²) in [7, 11) is 1.68. The molecule has 1 aliphatic heterocycles. The van der Waals surface area contributed by atoms with Gasteiger partial charge in [-0.05, 0) is 75.8 Å². The average molecular weight is 356 g/mol. The number of hydrogen-bond donors (Lipinski definition) is 1. The van der Waals surface area contributed by atoms with Gasteiger partial charge in [-0.3, -0.25) is 9.80 Å². The molecule has 5 fully saturated rings. The molecule has 4 aliphatic carbocycles. The first-order chi connectivity index (χ1) is 12.3. The van der Waals surface area contributed by atoms with Crippen molar-refractivity contribution in [2.75, 3.05) is 12.1 Å². The van der Waals surface area contributed by atoms with Gasteiger partial charge in [-0.1, -0.05) is 12.1 Å². The lowest BCUT2D eigenvalue weighted by Crippen LogP contribution is -2.81. The minimum atomic E-state index is -0.569. The van der Waals surface area contributed by atoms with Gasteiger partial charge in [-0.2, -0.15) is 0 Å². The van der Waals surface area contributed by atoms with E-state index in [-0.39, 0.29) is 11.9 Å². The van der Waals surface area contributed by atoms with Gasteiger partial charge in [0.2, 0.25) is 0 Å². The van der Waals surface area contributed by atoms with Gasteiger partial charge < -0.3 is 9.84 Å². The molecule has 1 aromatic rings. The van der Waals surface area contributed by atoms with Gasteiger partial charge in [0, 0.05) is 0 Å². The van der Waals surface area contributed by atoms with Crippen molar-refractivity contribution < 1.29 is 14.6 Å². The molecule has 2 atom stereocenters. The van der Waals surface area contributed by atoms with Crippen LogP contribution in [0.2, 0.25) is 0 Å². The fourth-order valence-electron chi connectivity index (χ4n) is 6.53. The SMILES string of the molecule is COc1ccccc1N1N(C2[C@H]3CC4C[C@H]2CC(O)(C4)C3)C(=O)C1(C)C. The number of hydrazine groups is 1. The summed E-state index contributed by atoms with van der Waals surface area (Å²) in [4.78, 5) is 13.2. The van der Waals surface area contributed by atoms with Crippen molar-refractivity contribution in [1.29, 1.82) is 0 Å². The molecule has 4 bridgehead atoms.